The van der Waals surface area contributed by atoms with Gasteiger partial charge in [0.15, 0.2) is 0 Å². The first kappa shape index (κ1) is 13.1. The molecule has 1 aromatic carbocycles. The lowest BCUT2D eigenvalue weighted by Gasteiger charge is -2.04. The van der Waals surface area contributed by atoms with Crippen molar-refractivity contribution in [3.63, 3.8) is 0 Å². The number of halogens is 1. The molecule has 3 rings (SSSR count). The number of amides is 1. The van der Waals surface area contributed by atoms with Gasteiger partial charge >= 0.3 is 0 Å². The minimum atomic E-state index is -0.615. The Morgan fingerprint density at radius 3 is 2.76 bits per heavy atom. The van der Waals surface area contributed by atoms with Gasteiger partial charge in [0.2, 0.25) is 0 Å². The Hall–Kier alpha value is -2.89. The van der Waals surface area contributed by atoms with Crippen LogP contribution in [0.4, 0.5) is 4.39 Å². The summed E-state index contributed by atoms with van der Waals surface area (Å²) in [6, 6.07) is 6.42. The second-order valence-electron chi connectivity index (χ2n) is 4.81. The minimum absolute atomic E-state index is 0.244. The Labute approximate surface area is 120 Å². The maximum Gasteiger partial charge on any atom is 0.250 e. The lowest BCUT2D eigenvalue weighted by molar-refractivity contribution is 0.100. The van der Waals surface area contributed by atoms with E-state index in [1.165, 1.54) is 6.07 Å². The van der Waals surface area contributed by atoms with E-state index in [1.54, 1.807) is 37.5 Å². The monoisotopic (exact) mass is 284 g/mol. The Morgan fingerprint density at radius 1 is 1.33 bits per heavy atom. The number of rotatable bonds is 3. The minimum Gasteiger partial charge on any atom is -0.366 e. The molecule has 0 saturated heterocycles. The van der Waals surface area contributed by atoms with Crippen molar-refractivity contribution in [3.8, 4) is 22.5 Å². The number of carbonyl (C=O) groups is 1. The van der Waals surface area contributed by atoms with Crippen LogP contribution in [0.2, 0.25) is 0 Å². The van der Waals surface area contributed by atoms with Crippen molar-refractivity contribution in [2.75, 3.05) is 0 Å². The van der Waals surface area contributed by atoms with Crippen LogP contribution in [0.15, 0.2) is 36.7 Å². The summed E-state index contributed by atoms with van der Waals surface area (Å²) in [5, 5.41) is 6.53. The predicted octanol–water partition coefficient (Wildman–Crippen LogP) is 2.62. The molecule has 0 spiro atoms. The van der Waals surface area contributed by atoms with Gasteiger partial charge in [-0.2, -0.15) is 5.10 Å². The topological polar surface area (TPSA) is 87.6 Å². The molecule has 0 bridgehead atoms. The first-order chi connectivity index (χ1) is 10.1. The molecule has 0 saturated carbocycles. The van der Waals surface area contributed by atoms with E-state index in [4.69, 9.17) is 5.73 Å². The molecular formula is C15H13FN4O. The van der Waals surface area contributed by atoms with Gasteiger partial charge in [-0.3, -0.25) is 9.89 Å². The average Bonchev–Trinajstić information content (AvgIpc) is 3.07. The van der Waals surface area contributed by atoms with Crippen LogP contribution in [0, 0.1) is 12.7 Å². The molecule has 0 aliphatic carbocycles. The lowest BCUT2D eigenvalue weighted by atomic mass is 10.1. The number of nitrogens with zero attached hydrogens (tertiary/aromatic N) is 1. The number of nitrogens with one attached hydrogen (secondary N) is 2. The molecule has 5 nitrogen and oxygen atoms in total. The highest BCUT2D eigenvalue weighted by molar-refractivity contribution is 6.00. The molecule has 3 aromatic rings. The first-order valence-electron chi connectivity index (χ1n) is 6.34. The van der Waals surface area contributed by atoms with E-state index in [1.807, 2.05) is 0 Å². The molecule has 0 fully saturated rings. The summed E-state index contributed by atoms with van der Waals surface area (Å²) in [6.45, 7) is 1.80. The Bertz CT molecular complexity index is 805. The Balaban J connectivity index is 2.19. The third-order valence-corrected chi connectivity index (χ3v) is 3.29. The molecule has 1 amide bonds. The van der Waals surface area contributed by atoms with E-state index < -0.39 is 11.7 Å². The standard InChI is InChI=1S/C15H13FN4O/c1-8-2-3-10(12(16)4-8)14-11(15(17)21)5-13(20-14)9-6-18-19-7-9/h2-7,20H,1H3,(H2,17,21)(H,18,19). The Morgan fingerprint density at radius 2 is 2.14 bits per heavy atom. The van der Waals surface area contributed by atoms with E-state index >= 15 is 0 Å². The molecular weight excluding hydrogens is 271 g/mol. The smallest absolute Gasteiger partial charge is 0.250 e. The second-order valence-corrected chi connectivity index (χ2v) is 4.81. The van der Waals surface area contributed by atoms with Crippen molar-refractivity contribution >= 4 is 5.91 Å². The van der Waals surface area contributed by atoms with Crippen LogP contribution in [0.1, 0.15) is 15.9 Å². The zero-order valence-corrected chi connectivity index (χ0v) is 11.3. The molecule has 2 aromatic heterocycles. The third-order valence-electron chi connectivity index (χ3n) is 3.29. The van der Waals surface area contributed by atoms with E-state index in [0.29, 0.717) is 17.0 Å². The average molecular weight is 284 g/mol. The molecule has 0 aliphatic heterocycles. The van der Waals surface area contributed by atoms with Crippen LogP contribution >= 0.6 is 0 Å². The molecule has 21 heavy (non-hydrogen) atoms. The van der Waals surface area contributed by atoms with Crippen molar-refractivity contribution in [1.82, 2.24) is 15.2 Å². The fraction of sp³-hybridized carbons (Fsp3) is 0.0667. The van der Waals surface area contributed by atoms with Gasteiger partial charge in [0.05, 0.1) is 17.5 Å². The summed E-state index contributed by atoms with van der Waals surface area (Å²) in [6.07, 6.45) is 3.28. The van der Waals surface area contributed by atoms with Gasteiger partial charge in [0.1, 0.15) is 5.82 Å². The molecule has 0 radical (unpaired) electrons. The number of benzene rings is 1. The molecule has 6 heteroatoms. The van der Waals surface area contributed by atoms with Gasteiger partial charge < -0.3 is 10.7 Å². The predicted molar refractivity (Wildman–Crippen MR) is 77.0 cm³/mol. The summed E-state index contributed by atoms with van der Waals surface area (Å²) in [7, 11) is 0. The van der Waals surface area contributed by atoms with Crippen LogP contribution in [0.3, 0.4) is 0 Å². The quantitative estimate of drug-likeness (QED) is 0.690. The van der Waals surface area contributed by atoms with Crippen molar-refractivity contribution in [2.24, 2.45) is 5.73 Å². The summed E-state index contributed by atoms with van der Waals surface area (Å²) < 4.78 is 14.1. The van der Waals surface area contributed by atoms with Crippen LogP contribution in [0.25, 0.3) is 22.5 Å². The maximum atomic E-state index is 14.1. The first-order valence-corrected chi connectivity index (χ1v) is 6.34. The number of carbonyl (C=O) groups excluding carboxylic acids is 1. The van der Waals surface area contributed by atoms with Crippen LogP contribution in [0.5, 0.6) is 0 Å². The van der Waals surface area contributed by atoms with E-state index in [2.05, 4.69) is 15.2 Å². The number of aromatic nitrogens is 3. The van der Waals surface area contributed by atoms with E-state index in [-0.39, 0.29) is 5.56 Å². The normalized spacial score (nSPS) is 10.8. The number of aromatic amines is 2. The van der Waals surface area contributed by atoms with Crippen LogP contribution < -0.4 is 5.73 Å². The van der Waals surface area contributed by atoms with Crippen LogP contribution in [-0.2, 0) is 0 Å². The van der Waals surface area contributed by atoms with Crippen LogP contribution in [-0.4, -0.2) is 21.1 Å². The van der Waals surface area contributed by atoms with Gasteiger partial charge in [-0.25, -0.2) is 4.39 Å². The SMILES string of the molecule is Cc1ccc(-c2[nH]c(-c3cn[nH]c3)cc2C(N)=O)c(F)c1. The Kier molecular flexibility index (Phi) is 3.06. The third kappa shape index (κ3) is 2.31. The summed E-state index contributed by atoms with van der Waals surface area (Å²) in [5.41, 5.74) is 8.53. The largest absolute Gasteiger partial charge is 0.366 e. The summed E-state index contributed by atoms with van der Waals surface area (Å²) >= 11 is 0. The number of H-pyrrole nitrogens is 2. The summed E-state index contributed by atoms with van der Waals surface area (Å²) in [5.74, 6) is -1.02. The fourth-order valence-electron chi connectivity index (χ4n) is 2.24. The van der Waals surface area contributed by atoms with Gasteiger partial charge in [-0.1, -0.05) is 6.07 Å². The maximum absolute atomic E-state index is 14.1. The zero-order chi connectivity index (χ0) is 15.0. The van der Waals surface area contributed by atoms with Crippen molar-refractivity contribution < 1.29 is 9.18 Å². The highest BCUT2D eigenvalue weighted by atomic mass is 19.1. The van der Waals surface area contributed by atoms with E-state index in [9.17, 15) is 9.18 Å². The molecule has 0 unspecified atom stereocenters. The molecule has 0 aliphatic rings. The molecule has 106 valence electrons. The van der Waals surface area contributed by atoms with Gasteiger partial charge in [0, 0.05) is 23.0 Å². The molecule has 2 heterocycles. The summed E-state index contributed by atoms with van der Waals surface area (Å²) in [4.78, 5) is 14.7. The number of hydrogen-bond acceptors (Lipinski definition) is 2. The van der Waals surface area contributed by atoms with E-state index in [0.717, 1.165) is 11.1 Å². The molecule has 0 atom stereocenters. The van der Waals surface area contributed by atoms with Gasteiger partial charge in [0.25, 0.3) is 5.91 Å². The van der Waals surface area contributed by atoms with Gasteiger partial charge in [-0.15, -0.1) is 0 Å². The number of nitrogens with two attached hydrogens (primary N) is 1. The lowest BCUT2D eigenvalue weighted by Crippen LogP contribution is -2.11. The second kappa shape index (κ2) is 4.90. The number of hydrogen-bond donors (Lipinski definition) is 3. The molecule has 4 N–H and O–H groups in total. The van der Waals surface area contributed by atoms with Crippen molar-refractivity contribution in [1.29, 1.82) is 0 Å². The zero-order valence-electron chi connectivity index (χ0n) is 11.3. The fourth-order valence-corrected chi connectivity index (χ4v) is 2.24. The van der Waals surface area contributed by atoms with Crippen molar-refractivity contribution in [3.05, 3.63) is 53.6 Å². The van der Waals surface area contributed by atoms with Crippen molar-refractivity contribution in [2.45, 2.75) is 6.92 Å². The van der Waals surface area contributed by atoms with Gasteiger partial charge in [-0.05, 0) is 30.7 Å². The highest BCUT2D eigenvalue weighted by Gasteiger charge is 2.18. The number of aryl methyl sites for hydroxylation is 1. The highest BCUT2D eigenvalue weighted by Crippen LogP contribution is 2.30. The number of primary amides is 1.